The van der Waals surface area contributed by atoms with Gasteiger partial charge in [0, 0.05) is 23.5 Å². The monoisotopic (exact) mass is 268 g/mol. The summed E-state index contributed by atoms with van der Waals surface area (Å²) in [7, 11) is 0. The summed E-state index contributed by atoms with van der Waals surface area (Å²) in [6.07, 6.45) is 0. The number of para-hydroxylation sites is 1. The summed E-state index contributed by atoms with van der Waals surface area (Å²) in [5.41, 5.74) is 2.59. The maximum absolute atomic E-state index is 12.0. The van der Waals surface area contributed by atoms with Gasteiger partial charge in [0.1, 0.15) is 0 Å². The van der Waals surface area contributed by atoms with Crippen molar-refractivity contribution in [1.29, 1.82) is 0 Å². The fourth-order valence-electron chi connectivity index (χ4n) is 1.83. The Kier molecular flexibility index (Phi) is 4.77. The van der Waals surface area contributed by atoms with Gasteiger partial charge in [0.15, 0.2) is 0 Å². The molecule has 0 unspecified atom stereocenters. The third-order valence-electron chi connectivity index (χ3n) is 2.86. The first-order valence-electron chi connectivity index (χ1n) is 6.85. The first-order chi connectivity index (χ1) is 9.65. The number of carbonyl (C=O) groups is 1. The van der Waals surface area contributed by atoms with Gasteiger partial charge in [-0.2, -0.15) is 0 Å². The Morgan fingerprint density at radius 1 is 1.00 bits per heavy atom. The fourth-order valence-corrected chi connectivity index (χ4v) is 1.83. The van der Waals surface area contributed by atoms with E-state index in [9.17, 15) is 4.79 Å². The lowest BCUT2D eigenvalue weighted by atomic mass is 10.1. The standard InChI is InChI=1S/C17H20N2O/c1-13(2)12-18-17(20)14-7-6-10-16(11-14)19-15-8-4-3-5-9-15/h3-11,13,19H,12H2,1-2H3,(H,18,20). The molecule has 2 N–H and O–H groups in total. The van der Waals surface area contributed by atoms with E-state index in [-0.39, 0.29) is 5.91 Å². The van der Waals surface area contributed by atoms with E-state index in [1.54, 1.807) is 0 Å². The molecule has 2 aromatic rings. The Morgan fingerprint density at radius 3 is 2.40 bits per heavy atom. The lowest BCUT2D eigenvalue weighted by Crippen LogP contribution is -2.27. The minimum Gasteiger partial charge on any atom is -0.356 e. The van der Waals surface area contributed by atoms with Crippen LogP contribution in [0.5, 0.6) is 0 Å². The van der Waals surface area contributed by atoms with E-state index in [4.69, 9.17) is 0 Å². The molecule has 0 spiro atoms. The van der Waals surface area contributed by atoms with E-state index in [1.165, 1.54) is 0 Å². The van der Waals surface area contributed by atoms with Crippen LogP contribution in [-0.2, 0) is 0 Å². The largest absolute Gasteiger partial charge is 0.356 e. The van der Waals surface area contributed by atoms with Crippen LogP contribution in [0.25, 0.3) is 0 Å². The van der Waals surface area contributed by atoms with E-state index in [1.807, 2.05) is 54.6 Å². The molecule has 0 radical (unpaired) electrons. The van der Waals surface area contributed by atoms with Crippen molar-refractivity contribution in [2.75, 3.05) is 11.9 Å². The zero-order valence-electron chi connectivity index (χ0n) is 11.9. The van der Waals surface area contributed by atoms with Crippen LogP contribution in [0.2, 0.25) is 0 Å². The molecular weight excluding hydrogens is 248 g/mol. The fraction of sp³-hybridized carbons (Fsp3) is 0.235. The third kappa shape index (κ3) is 4.12. The van der Waals surface area contributed by atoms with Gasteiger partial charge in [-0.1, -0.05) is 38.1 Å². The predicted octanol–water partition coefficient (Wildman–Crippen LogP) is 3.82. The highest BCUT2D eigenvalue weighted by molar-refractivity contribution is 5.95. The number of anilines is 2. The summed E-state index contributed by atoms with van der Waals surface area (Å²) in [6, 6.07) is 17.4. The second-order valence-corrected chi connectivity index (χ2v) is 5.18. The molecule has 0 heterocycles. The van der Waals surface area contributed by atoms with E-state index in [0.717, 1.165) is 11.4 Å². The van der Waals surface area contributed by atoms with E-state index in [0.29, 0.717) is 18.0 Å². The Bertz CT molecular complexity index is 564. The number of nitrogens with one attached hydrogen (secondary N) is 2. The number of hydrogen-bond donors (Lipinski definition) is 2. The molecule has 0 fully saturated rings. The Morgan fingerprint density at radius 2 is 1.70 bits per heavy atom. The van der Waals surface area contributed by atoms with Crippen molar-refractivity contribution in [2.45, 2.75) is 13.8 Å². The molecule has 20 heavy (non-hydrogen) atoms. The van der Waals surface area contributed by atoms with Crippen molar-refractivity contribution in [1.82, 2.24) is 5.32 Å². The summed E-state index contributed by atoms with van der Waals surface area (Å²) >= 11 is 0. The van der Waals surface area contributed by atoms with E-state index in [2.05, 4.69) is 24.5 Å². The molecule has 104 valence electrons. The van der Waals surface area contributed by atoms with E-state index < -0.39 is 0 Å². The van der Waals surface area contributed by atoms with Gasteiger partial charge in [0.2, 0.25) is 0 Å². The first kappa shape index (κ1) is 14.1. The smallest absolute Gasteiger partial charge is 0.251 e. The molecule has 0 saturated heterocycles. The van der Waals surface area contributed by atoms with Crippen molar-refractivity contribution in [3.63, 3.8) is 0 Å². The normalized spacial score (nSPS) is 10.3. The third-order valence-corrected chi connectivity index (χ3v) is 2.86. The molecule has 0 saturated carbocycles. The molecule has 0 aromatic heterocycles. The maximum atomic E-state index is 12.0. The van der Waals surface area contributed by atoms with Crippen LogP contribution in [0.15, 0.2) is 54.6 Å². The number of carbonyl (C=O) groups excluding carboxylic acids is 1. The zero-order valence-corrected chi connectivity index (χ0v) is 11.9. The average Bonchev–Trinajstić information content (AvgIpc) is 2.46. The zero-order chi connectivity index (χ0) is 14.4. The molecule has 0 aliphatic heterocycles. The minimum absolute atomic E-state index is 0.0320. The molecule has 1 amide bonds. The van der Waals surface area contributed by atoms with E-state index >= 15 is 0 Å². The molecule has 3 nitrogen and oxygen atoms in total. The first-order valence-corrected chi connectivity index (χ1v) is 6.85. The highest BCUT2D eigenvalue weighted by Gasteiger charge is 2.06. The van der Waals surface area contributed by atoms with Crippen molar-refractivity contribution in [3.05, 3.63) is 60.2 Å². The van der Waals surface area contributed by atoms with Crippen molar-refractivity contribution < 1.29 is 4.79 Å². The van der Waals surface area contributed by atoms with Gasteiger partial charge in [0.05, 0.1) is 0 Å². The van der Waals surface area contributed by atoms with Gasteiger partial charge < -0.3 is 10.6 Å². The Hall–Kier alpha value is -2.29. The van der Waals surface area contributed by atoms with Crippen molar-refractivity contribution in [2.24, 2.45) is 5.92 Å². The molecule has 3 heteroatoms. The molecule has 0 atom stereocenters. The minimum atomic E-state index is -0.0320. The molecule has 0 aliphatic rings. The van der Waals surface area contributed by atoms with Crippen LogP contribution in [-0.4, -0.2) is 12.5 Å². The van der Waals surface area contributed by atoms with Crippen LogP contribution in [0.1, 0.15) is 24.2 Å². The van der Waals surface area contributed by atoms with Gasteiger partial charge in [-0.05, 0) is 36.2 Å². The van der Waals surface area contributed by atoms with Crippen molar-refractivity contribution >= 4 is 17.3 Å². The molecule has 2 aromatic carbocycles. The Balaban J connectivity index is 2.06. The van der Waals surface area contributed by atoms with Gasteiger partial charge in [0.25, 0.3) is 5.91 Å². The average molecular weight is 268 g/mol. The second kappa shape index (κ2) is 6.75. The lowest BCUT2D eigenvalue weighted by Gasteiger charge is -2.10. The van der Waals surface area contributed by atoms with Crippen LogP contribution in [0.3, 0.4) is 0 Å². The topological polar surface area (TPSA) is 41.1 Å². The van der Waals surface area contributed by atoms with Crippen LogP contribution in [0, 0.1) is 5.92 Å². The molecule has 0 aliphatic carbocycles. The quantitative estimate of drug-likeness (QED) is 0.865. The lowest BCUT2D eigenvalue weighted by molar-refractivity contribution is 0.0949. The highest BCUT2D eigenvalue weighted by atomic mass is 16.1. The van der Waals surface area contributed by atoms with Crippen LogP contribution in [0.4, 0.5) is 11.4 Å². The SMILES string of the molecule is CC(C)CNC(=O)c1cccc(Nc2ccccc2)c1. The predicted molar refractivity (Wildman–Crippen MR) is 83.3 cm³/mol. The summed E-state index contributed by atoms with van der Waals surface area (Å²) in [4.78, 5) is 12.0. The summed E-state index contributed by atoms with van der Waals surface area (Å²) in [5, 5.41) is 6.21. The highest BCUT2D eigenvalue weighted by Crippen LogP contribution is 2.17. The number of amides is 1. The van der Waals surface area contributed by atoms with Gasteiger partial charge in [-0.15, -0.1) is 0 Å². The number of benzene rings is 2. The van der Waals surface area contributed by atoms with Crippen LogP contribution < -0.4 is 10.6 Å². The summed E-state index contributed by atoms with van der Waals surface area (Å²) in [5.74, 6) is 0.417. The Labute approximate surface area is 120 Å². The second-order valence-electron chi connectivity index (χ2n) is 5.18. The van der Waals surface area contributed by atoms with Crippen LogP contribution >= 0.6 is 0 Å². The van der Waals surface area contributed by atoms with Crippen molar-refractivity contribution in [3.8, 4) is 0 Å². The number of rotatable bonds is 5. The number of hydrogen-bond acceptors (Lipinski definition) is 2. The molecule has 0 bridgehead atoms. The van der Waals surface area contributed by atoms with Gasteiger partial charge in [-0.3, -0.25) is 4.79 Å². The summed E-state index contributed by atoms with van der Waals surface area (Å²) < 4.78 is 0. The molecule has 2 rings (SSSR count). The van der Waals surface area contributed by atoms with Gasteiger partial charge in [-0.25, -0.2) is 0 Å². The molecular formula is C17H20N2O. The summed E-state index contributed by atoms with van der Waals surface area (Å²) in [6.45, 7) is 4.84. The maximum Gasteiger partial charge on any atom is 0.251 e. The van der Waals surface area contributed by atoms with Gasteiger partial charge >= 0.3 is 0 Å².